The highest BCUT2D eigenvalue weighted by molar-refractivity contribution is 5.70. The van der Waals surface area contributed by atoms with Crippen molar-refractivity contribution in [1.82, 2.24) is 0 Å². The van der Waals surface area contributed by atoms with Crippen LogP contribution in [0.15, 0.2) is 24.3 Å². The molecule has 0 aromatic heterocycles. The molecule has 0 radical (unpaired) electrons. The molecule has 8 nitrogen and oxygen atoms in total. The Kier molecular flexibility index (Phi) is 34.3. The topological polar surface area (TPSA) is 102 Å². The SMILES string of the molecule is CCCCC/C=C/C=C/CCCCCCCCC(=O)OCC(COCCC(C(=O)[O-])[N+](C)(C)C)OC(=O)CCCCCCCCCCCCCCC. The van der Waals surface area contributed by atoms with E-state index in [0.29, 0.717) is 12.8 Å². The molecule has 0 aromatic rings. The molecular formula is C44H81NO7. The van der Waals surface area contributed by atoms with E-state index in [1.165, 1.54) is 103 Å². The van der Waals surface area contributed by atoms with Gasteiger partial charge in [-0.3, -0.25) is 9.59 Å². The van der Waals surface area contributed by atoms with Crippen molar-refractivity contribution in [2.75, 3.05) is 41.0 Å². The molecule has 0 fully saturated rings. The minimum atomic E-state index is -1.13. The maximum Gasteiger partial charge on any atom is 0.306 e. The lowest BCUT2D eigenvalue weighted by Gasteiger charge is -2.34. The largest absolute Gasteiger partial charge is 0.544 e. The van der Waals surface area contributed by atoms with Crippen LogP contribution in [0.4, 0.5) is 0 Å². The van der Waals surface area contributed by atoms with Crippen LogP contribution in [0.5, 0.6) is 0 Å². The number of likely N-dealkylation sites (N-methyl/N-ethyl adjacent to an activating group) is 1. The van der Waals surface area contributed by atoms with Gasteiger partial charge in [-0.2, -0.15) is 0 Å². The number of ether oxygens (including phenoxy) is 3. The van der Waals surface area contributed by atoms with Crippen molar-refractivity contribution in [2.24, 2.45) is 0 Å². The van der Waals surface area contributed by atoms with Gasteiger partial charge in [0.15, 0.2) is 6.10 Å². The first kappa shape index (κ1) is 49.8. The fourth-order valence-corrected chi connectivity index (χ4v) is 6.24. The normalized spacial score (nSPS) is 13.2. The molecule has 0 heterocycles. The molecular weight excluding hydrogens is 654 g/mol. The number of unbranched alkanes of at least 4 members (excludes halogenated alkanes) is 21. The molecule has 0 saturated heterocycles. The van der Waals surface area contributed by atoms with Crippen molar-refractivity contribution < 1.29 is 38.2 Å². The van der Waals surface area contributed by atoms with Crippen LogP contribution < -0.4 is 5.11 Å². The first-order valence-electron chi connectivity index (χ1n) is 21.4. The molecule has 0 N–H and O–H groups in total. The second-order valence-electron chi connectivity index (χ2n) is 15.6. The lowest BCUT2D eigenvalue weighted by Crippen LogP contribution is -2.55. The molecule has 2 atom stereocenters. The van der Waals surface area contributed by atoms with E-state index >= 15 is 0 Å². The predicted octanol–water partition coefficient (Wildman–Crippen LogP) is 9.97. The number of carboxylic acids is 1. The smallest absolute Gasteiger partial charge is 0.306 e. The third kappa shape index (κ3) is 33.6. The van der Waals surface area contributed by atoms with Crippen molar-refractivity contribution in [1.29, 1.82) is 0 Å². The van der Waals surface area contributed by atoms with Gasteiger partial charge in [0.1, 0.15) is 12.6 Å². The van der Waals surface area contributed by atoms with Gasteiger partial charge in [-0.15, -0.1) is 0 Å². The van der Waals surface area contributed by atoms with Crippen LogP contribution in [0, 0.1) is 0 Å². The number of quaternary nitrogens is 1. The fraction of sp³-hybridized carbons (Fsp3) is 0.841. The number of esters is 2. The molecule has 0 spiro atoms. The average Bonchev–Trinajstić information content (AvgIpc) is 3.09. The van der Waals surface area contributed by atoms with Gasteiger partial charge in [-0.05, 0) is 38.5 Å². The first-order chi connectivity index (χ1) is 25.1. The number of hydrogen-bond donors (Lipinski definition) is 0. The van der Waals surface area contributed by atoms with Gasteiger partial charge >= 0.3 is 11.9 Å². The zero-order chi connectivity index (χ0) is 38.5. The quantitative estimate of drug-likeness (QED) is 0.0269. The molecule has 0 bridgehead atoms. The molecule has 8 heteroatoms. The number of rotatable bonds is 38. The number of hydrogen-bond acceptors (Lipinski definition) is 7. The van der Waals surface area contributed by atoms with E-state index in [0.717, 1.165) is 51.4 Å². The molecule has 0 rings (SSSR count). The summed E-state index contributed by atoms with van der Waals surface area (Å²) in [4.78, 5) is 36.8. The molecule has 0 amide bonds. The van der Waals surface area contributed by atoms with Crippen LogP contribution in [0.3, 0.4) is 0 Å². The highest BCUT2D eigenvalue weighted by Crippen LogP contribution is 2.15. The van der Waals surface area contributed by atoms with Crippen LogP contribution in [-0.2, 0) is 28.6 Å². The van der Waals surface area contributed by atoms with Crippen molar-refractivity contribution in [3.63, 3.8) is 0 Å². The van der Waals surface area contributed by atoms with Gasteiger partial charge in [0.2, 0.25) is 0 Å². The second kappa shape index (κ2) is 35.8. The molecule has 0 aliphatic rings. The van der Waals surface area contributed by atoms with Gasteiger partial charge in [0.05, 0.1) is 40.3 Å². The summed E-state index contributed by atoms with van der Waals surface area (Å²) < 4.78 is 17.1. The number of nitrogens with zero attached hydrogens (tertiary/aromatic N) is 1. The highest BCUT2D eigenvalue weighted by Gasteiger charge is 2.25. The lowest BCUT2D eigenvalue weighted by molar-refractivity contribution is -0.889. The van der Waals surface area contributed by atoms with E-state index < -0.39 is 18.1 Å². The predicted molar refractivity (Wildman–Crippen MR) is 213 cm³/mol. The Bertz CT molecular complexity index is 911. The Morgan fingerprint density at radius 3 is 1.48 bits per heavy atom. The number of allylic oxidation sites excluding steroid dienone is 4. The van der Waals surface area contributed by atoms with Gasteiger partial charge < -0.3 is 28.6 Å². The molecule has 2 unspecified atom stereocenters. The zero-order valence-corrected chi connectivity index (χ0v) is 34.5. The van der Waals surface area contributed by atoms with Crippen molar-refractivity contribution in [3.8, 4) is 0 Å². The van der Waals surface area contributed by atoms with Crippen molar-refractivity contribution >= 4 is 17.9 Å². The highest BCUT2D eigenvalue weighted by atomic mass is 16.6. The summed E-state index contributed by atoms with van der Waals surface area (Å²) in [5.41, 5.74) is 0. The third-order valence-electron chi connectivity index (χ3n) is 9.62. The number of carboxylic acid groups (broad SMARTS) is 1. The Balaban J connectivity index is 4.37. The fourth-order valence-electron chi connectivity index (χ4n) is 6.24. The van der Waals surface area contributed by atoms with Gasteiger partial charge in [0.25, 0.3) is 0 Å². The summed E-state index contributed by atoms with van der Waals surface area (Å²) in [7, 11) is 5.40. The van der Waals surface area contributed by atoms with E-state index in [1.54, 1.807) is 21.1 Å². The van der Waals surface area contributed by atoms with Gasteiger partial charge in [-0.1, -0.05) is 154 Å². The zero-order valence-electron chi connectivity index (χ0n) is 34.5. The van der Waals surface area contributed by atoms with Crippen LogP contribution in [0.25, 0.3) is 0 Å². The van der Waals surface area contributed by atoms with Crippen molar-refractivity contribution in [3.05, 3.63) is 24.3 Å². The molecule has 0 aliphatic heterocycles. The summed E-state index contributed by atoms with van der Waals surface area (Å²) >= 11 is 0. The summed E-state index contributed by atoms with van der Waals surface area (Å²) in [6, 6.07) is -0.724. The number of aliphatic carboxylic acids is 1. The standard InChI is InChI=1S/C44H81NO7/c1-6-8-10-12-14-16-18-20-21-23-24-26-28-30-32-34-42(46)51-39-40(38-50-37-36-41(44(48)49)45(3,4)5)52-43(47)35-33-31-29-27-25-22-19-17-15-13-11-9-7-2/h14,16,18,20,40-41H,6-13,15,17,19,21-39H2,1-5H3/b16-14+,20-18+. The Morgan fingerprint density at radius 2 is 1.00 bits per heavy atom. The number of carbonyl (C=O) groups excluding carboxylic acids is 3. The monoisotopic (exact) mass is 736 g/mol. The Morgan fingerprint density at radius 1 is 0.577 bits per heavy atom. The molecule has 0 aromatic carbocycles. The summed E-state index contributed by atoms with van der Waals surface area (Å²) in [6.07, 6.45) is 37.6. The van der Waals surface area contributed by atoms with Crippen molar-refractivity contribution in [2.45, 2.75) is 199 Å². The van der Waals surface area contributed by atoms with E-state index in [9.17, 15) is 19.5 Å². The maximum atomic E-state index is 12.7. The van der Waals surface area contributed by atoms with Crippen LogP contribution in [-0.4, -0.2) is 75.5 Å². The molecule has 0 saturated carbocycles. The van der Waals surface area contributed by atoms with Crippen LogP contribution >= 0.6 is 0 Å². The molecule has 0 aliphatic carbocycles. The Labute approximate surface area is 320 Å². The lowest BCUT2D eigenvalue weighted by atomic mass is 10.0. The summed E-state index contributed by atoms with van der Waals surface area (Å²) in [5.74, 6) is -1.74. The second-order valence-corrected chi connectivity index (χ2v) is 15.6. The minimum absolute atomic E-state index is 0.0406. The van der Waals surface area contributed by atoms with Gasteiger partial charge in [-0.25, -0.2) is 0 Å². The Hall–Kier alpha value is -2.19. The summed E-state index contributed by atoms with van der Waals surface area (Å²) in [6.45, 7) is 4.62. The molecule has 52 heavy (non-hydrogen) atoms. The van der Waals surface area contributed by atoms with Gasteiger partial charge in [0, 0.05) is 19.3 Å². The number of carbonyl (C=O) groups is 3. The van der Waals surface area contributed by atoms with E-state index in [-0.39, 0.29) is 42.7 Å². The van der Waals surface area contributed by atoms with Crippen LogP contribution in [0.1, 0.15) is 187 Å². The minimum Gasteiger partial charge on any atom is -0.544 e. The molecule has 304 valence electrons. The van der Waals surface area contributed by atoms with E-state index in [4.69, 9.17) is 14.2 Å². The van der Waals surface area contributed by atoms with E-state index in [1.807, 2.05) is 0 Å². The summed E-state index contributed by atoms with van der Waals surface area (Å²) in [5, 5.41) is 11.6. The average molecular weight is 736 g/mol. The van der Waals surface area contributed by atoms with E-state index in [2.05, 4.69) is 38.2 Å². The first-order valence-corrected chi connectivity index (χ1v) is 21.4. The van der Waals surface area contributed by atoms with Crippen LogP contribution in [0.2, 0.25) is 0 Å². The maximum absolute atomic E-state index is 12.7. The third-order valence-corrected chi connectivity index (χ3v) is 9.62.